The number of nitriles is 1. The first-order chi connectivity index (χ1) is 8.09. The molecule has 1 aromatic rings. The Hall–Kier alpha value is -0.890. The number of aliphatic hydroxyl groups excluding tert-OH is 1. The zero-order valence-corrected chi connectivity index (χ0v) is 11.2. The fourth-order valence-electron chi connectivity index (χ4n) is 2.10. The Morgan fingerprint density at radius 3 is 2.88 bits per heavy atom. The van der Waals surface area contributed by atoms with Gasteiger partial charge in [0.1, 0.15) is 11.5 Å². The van der Waals surface area contributed by atoms with Gasteiger partial charge in [0.05, 0.1) is 12.7 Å². The molecule has 0 spiro atoms. The molecule has 0 radical (unpaired) electrons. The average molecular weight is 296 g/mol. The van der Waals surface area contributed by atoms with Crippen LogP contribution < -0.4 is 0 Å². The predicted octanol–water partition coefficient (Wildman–Crippen LogP) is 2.72. The second kappa shape index (κ2) is 4.77. The van der Waals surface area contributed by atoms with E-state index in [4.69, 9.17) is 4.74 Å². The van der Waals surface area contributed by atoms with Crippen LogP contribution in [0.3, 0.4) is 0 Å². The molecular weight excluding hydrogens is 282 g/mol. The molecule has 1 aromatic carbocycles. The maximum absolute atomic E-state index is 10.4. The minimum Gasteiger partial charge on any atom is -0.387 e. The molecule has 1 fully saturated rings. The Balaban J connectivity index is 2.36. The van der Waals surface area contributed by atoms with Gasteiger partial charge in [-0.15, -0.1) is 0 Å². The molecule has 4 heteroatoms. The van der Waals surface area contributed by atoms with Crippen molar-refractivity contribution in [2.24, 2.45) is 5.41 Å². The minimum atomic E-state index is -0.815. The van der Waals surface area contributed by atoms with Crippen LogP contribution in [0.5, 0.6) is 0 Å². The molecule has 0 bridgehead atoms. The van der Waals surface area contributed by atoms with Crippen molar-refractivity contribution >= 4 is 15.9 Å². The zero-order valence-electron chi connectivity index (χ0n) is 9.61. The van der Waals surface area contributed by atoms with Crippen molar-refractivity contribution in [3.8, 4) is 6.07 Å². The maximum Gasteiger partial charge on any atom is 0.113 e. The lowest BCUT2D eigenvalue weighted by Crippen LogP contribution is -2.28. The molecule has 1 heterocycles. The van der Waals surface area contributed by atoms with Gasteiger partial charge in [-0.1, -0.05) is 28.1 Å². The van der Waals surface area contributed by atoms with Crippen LogP contribution in [-0.4, -0.2) is 18.3 Å². The topological polar surface area (TPSA) is 53.2 Å². The van der Waals surface area contributed by atoms with Crippen LogP contribution in [0.2, 0.25) is 0 Å². The van der Waals surface area contributed by atoms with E-state index in [0.717, 1.165) is 15.6 Å². The number of nitrogens with zero attached hydrogens (tertiary/aromatic N) is 1. The van der Waals surface area contributed by atoms with Gasteiger partial charge in [-0.25, -0.2) is 0 Å². The van der Waals surface area contributed by atoms with Gasteiger partial charge in [0.25, 0.3) is 0 Å². The molecule has 90 valence electrons. The minimum absolute atomic E-state index is 0.297. The molecule has 0 aliphatic carbocycles. The van der Waals surface area contributed by atoms with Gasteiger partial charge in [-0.2, -0.15) is 5.26 Å². The first-order valence-corrected chi connectivity index (χ1v) is 6.31. The predicted molar refractivity (Wildman–Crippen MR) is 67.3 cm³/mol. The largest absolute Gasteiger partial charge is 0.387 e. The Morgan fingerprint density at radius 2 is 2.35 bits per heavy atom. The van der Waals surface area contributed by atoms with E-state index in [1.165, 1.54) is 0 Å². The van der Waals surface area contributed by atoms with Crippen molar-refractivity contribution in [2.75, 3.05) is 13.2 Å². The van der Waals surface area contributed by atoms with E-state index in [1.807, 2.05) is 25.1 Å². The third kappa shape index (κ3) is 2.23. The van der Waals surface area contributed by atoms with Gasteiger partial charge in [0, 0.05) is 11.1 Å². The quantitative estimate of drug-likeness (QED) is 0.913. The molecule has 1 N–H and O–H groups in total. The van der Waals surface area contributed by atoms with Crippen molar-refractivity contribution in [1.82, 2.24) is 0 Å². The monoisotopic (exact) mass is 295 g/mol. The van der Waals surface area contributed by atoms with E-state index in [1.54, 1.807) is 0 Å². The second-order valence-electron chi connectivity index (χ2n) is 4.50. The Bertz CT molecular complexity index is 461. The molecule has 0 aromatic heterocycles. The highest BCUT2D eigenvalue weighted by molar-refractivity contribution is 9.10. The van der Waals surface area contributed by atoms with E-state index < -0.39 is 11.5 Å². The van der Waals surface area contributed by atoms with Crippen LogP contribution >= 0.6 is 15.9 Å². The number of benzene rings is 1. The normalized spacial score (nSPS) is 25.5. The average Bonchev–Trinajstić information content (AvgIpc) is 2.78. The summed E-state index contributed by atoms with van der Waals surface area (Å²) in [4.78, 5) is 0. The van der Waals surface area contributed by atoms with Gasteiger partial charge in [-0.3, -0.25) is 0 Å². The van der Waals surface area contributed by atoms with Crippen LogP contribution in [0.1, 0.15) is 23.7 Å². The van der Waals surface area contributed by atoms with Crippen LogP contribution in [0.15, 0.2) is 22.7 Å². The molecule has 2 unspecified atom stereocenters. The number of aryl methyl sites for hydroxylation is 1. The lowest BCUT2D eigenvalue weighted by molar-refractivity contribution is 0.0499. The van der Waals surface area contributed by atoms with Crippen molar-refractivity contribution in [1.29, 1.82) is 5.26 Å². The van der Waals surface area contributed by atoms with Crippen LogP contribution in [0.25, 0.3) is 0 Å². The molecule has 2 rings (SSSR count). The van der Waals surface area contributed by atoms with E-state index in [-0.39, 0.29) is 0 Å². The van der Waals surface area contributed by atoms with Gasteiger partial charge in [0.15, 0.2) is 0 Å². The summed E-state index contributed by atoms with van der Waals surface area (Å²) < 4.78 is 6.10. The molecule has 0 amide bonds. The first-order valence-electron chi connectivity index (χ1n) is 5.52. The Kier molecular flexibility index (Phi) is 3.53. The third-order valence-corrected chi connectivity index (χ3v) is 3.94. The molecule has 1 aliphatic heterocycles. The van der Waals surface area contributed by atoms with Crippen molar-refractivity contribution in [3.05, 3.63) is 33.8 Å². The van der Waals surface area contributed by atoms with Crippen molar-refractivity contribution in [2.45, 2.75) is 19.4 Å². The highest BCUT2D eigenvalue weighted by atomic mass is 79.9. The van der Waals surface area contributed by atoms with Gasteiger partial charge in [-0.05, 0) is 30.5 Å². The number of hydrogen-bond donors (Lipinski definition) is 1. The number of ether oxygens (including phenoxy) is 1. The summed E-state index contributed by atoms with van der Waals surface area (Å²) in [6, 6.07) is 7.96. The van der Waals surface area contributed by atoms with Gasteiger partial charge in [0.2, 0.25) is 0 Å². The third-order valence-electron chi connectivity index (χ3n) is 3.25. The lowest BCUT2D eigenvalue weighted by Gasteiger charge is -2.26. The Labute approximate surface area is 109 Å². The second-order valence-corrected chi connectivity index (χ2v) is 5.35. The highest BCUT2D eigenvalue weighted by Gasteiger charge is 2.43. The molecule has 0 saturated carbocycles. The lowest BCUT2D eigenvalue weighted by atomic mass is 9.79. The standard InChI is InChI=1S/C13H14BrNO2/c1-9-2-3-10(11(14)6-9)12(16)13(7-15)4-5-17-8-13/h2-3,6,12,16H,4-5,8H2,1H3. The van der Waals surface area contributed by atoms with E-state index in [2.05, 4.69) is 22.0 Å². The molecule has 1 aliphatic rings. The fourth-order valence-corrected chi connectivity index (χ4v) is 2.81. The zero-order chi connectivity index (χ0) is 12.5. The summed E-state index contributed by atoms with van der Waals surface area (Å²) >= 11 is 3.44. The van der Waals surface area contributed by atoms with E-state index in [0.29, 0.717) is 19.6 Å². The van der Waals surface area contributed by atoms with Gasteiger partial charge >= 0.3 is 0 Å². The highest BCUT2D eigenvalue weighted by Crippen LogP contribution is 2.42. The van der Waals surface area contributed by atoms with Crippen molar-refractivity contribution < 1.29 is 9.84 Å². The summed E-state index contributed by atoms with van der Waals surface area (Å²) in [5.74, 6) is 0. The number of aliphatic hydroxyl groups is 1. The first kappa shape index (κ1) is 12.6. The van der Waals surface area contributed by atoms with Crippen LogP contribution in [0, 0.1) is 23.7 Å². The fraction of sp³-hybridized carbons (Fsp3) is 0.462. The SMILES string of the molecule is Cc1ccc(C(O)C2(C#N)CCOC2)c(Br)c1. The number of hydrogen-bond acceptors (Lipinski definition) is 3. The molecule has 3 nitrogen and oxygen atoms in total. The summed E-state index contributed by atoms with van der Waals surface area (Å²) in [5, 5.41) is 19.7. The maximum atomic E-state index is 10.4. The number of halogens is 1. The summed E-state index contributed by atoms with van der Waals surface area (Å²) in [6.07, 6.45) is -0.240. The van der Waals surface area contributed by atoms with Crippen LogP contribution in [-0.2, 0) is 4.74 Å². The van der Waals surface area contributed by atoms with E-state index >= 15 is 0 Å². The van der Waals surface area contributed by atoms with Crippen LogP contribution in [0.4, 0.5) is 0 Å². The van der Waals surface area contributed by atoms with E-state index in [9.17, 15) is 10.4 Å². The Morgan fingerprint density at radius 1 is 1.59 bits per heavy atom. The smallest absolute Gasteiger partial charge is 0.113 e. The van der Waals surface area contributed by atoms with Crippen molar-refractivity contribution in [3.63, 3.8) is 0 Å². The van der Waals surface area contributed by atoms with Gasteiger partial charge < -0.3 is 9.84 Å². The summed E-state index contributed by atoms with van der Waals surface area (Å²) in [7, 11) is 0. The summed E-state index contributed by atoms with van der Waals surface area (Å²) in [5.41, 5.74) is 1.06. The summed E-state index contributed by atoms with van der Waals surface area (Å²) in [6.45, 7) is 2.82. The molecule has 17 heavy (non-hydrogen) atoms. The molecular formula is C13H14BrNO2. The molecule has 1 saturated heterocycles. The molecule has 2 atom stereocenters. The number of rotatable bonds is 2.